The van der Waals surface area contributed by atoms with Crippen LogP contribution in [0.2, 0.25) is 0 Å². The van der Waals surface area contributed by atoms with Gasteiger partial charge in [-0.2, -0.15) is 5.26 Å². The number of hydrogen-bond donors (Lipinski definition) is 2. The van der Waals surface area contributed by atoms with Crippen molar-refractivity contribution in [2.75, 3.05) is 10.6 Å². The van der Waals surface area contributed by atoms with Crippen molar-refractivity contribution in [2.24, 2.45) is 0 Å². The normalized spacial score (nSPS) is 10.8. The van der Waals surface area contributed by atoms with Crippen LogP contribution in [-0.4, -0.2) is 16.8 Å². The average Bonchev–Trinajstić information content (AvgIpc) is 2.76. The van der Waals surface area contributed by atoms with Crippen LogP contribution in [0.3, 0.4) is 0 Å². The average molecular weight is 477 g/mol. The van der Waals surface area contributed by atoms with Crippen LogP contribution in [0.1, 0.15) is 45.8 Å². The van der Waals surface area contributed by atoms with Crippen molar-refractivity contribution in [3.05, 3.63) is 87.7 Å². The summed E-state index contributed by atoms with van der Waals surface area (Å²) in [5.74, 6) is -0.648. The third-order valence-corrected chi connectivity index (χ3v) is 5.26. The van der Waals surface area contributed by atoms with Crippen LogP contribution in [0.25, 0.3) is 0 Å². The zero-order chi connectivity index (χ0) is 22.6. The molecule has 2 N–H and O–H groups in total. The van der Waals surface area contributed by atoms with Gasteiger partial charge in [-0.25, -0.2) is 4.98 Å². The second-order valence-corrected chi connectivity index (χ2v) is 8.41. The van der Waals surface area contributed by atoms with Crippen molar-refractivity contribution in [1.82, 2.24) is 4.98 Å². The van der Waals surface area contributed by atoms with Gasteiger partial charge in [0.15, 0.2) is 0 Å². The lowest BCUT2D eigenvalue weighted by Crippen LogP contribution is -2.17. The van der Waals surface area contributed by atoms with E-state index in [1.807, 2.05) is 19.1 Å². The van der Waals surface area contributed by atoms with Gasteiger partial charge in [-0.1, -0.05) is 24.3 Å². The number of carbonyl (C=O) groups is 2. The highest BCUT2D eigenvalue weighted by Crippen LogP contribution is 2.25. The number of halogens is 1. The van der Waals surface area contributed by atoms with E-state index >= 15 is 0 Å². The minimum Gasteiger partial charge on any atom is -0.322 e. The number of benzene rings is 2. The van der Waals surface area contributed by atoms with E-state index in [2.05, 4.69) is 37.6 Å². The van der Waals surface area contributed by atoms with E-state index in [-0.39, 0.29) is 17.5 Å². The fraction of sp³-hybridized carbons (Fsp3) is 0.167. The Hall–Kier alpha value is -3.50. The monoisotopic (exact) mass is 476 g/mol. The van der Waals surface area contributed by atoms with Gasteiger partial charge in [-0.15, -0.1) is 0 Å². The molecule has 0 aliphatic heterocycles. The van der Waals surface area contributed by atoms with Crippen molar-refractivity contribution >= 4 is 39.1 Å². The first-order valence-electron chi connectivity index (χ1n) is 9.57. The topological polar surface area (TPSA) is 94.9 Å². The number of nitrogens with one attached hydrogen (secondary N) is 2. The largest absolute Gasteiger partial charge is 0.322 e. The molecular formula is C24H21BrN4O2. The molecule has 0 saturated carbocycles. The van der Waals surface area contributed by atoms with E-state index in [0.717, 1.165) is 11.1 Å². The van der Waals surface area contributed by atoms with E-state index < -0.39 is 5.41 Å². The molecule has 0 bridgehead atoms. The summed E-state index contributed by atoms with van der Waals surface area (Å²) in [5, 5.41) is 15.0. The Balaban J connectivity index is 1.79. The Kier molecular flexibility index (Phi) is 6.52. The number of pyridine rings is 1. The number of nitrogens with zero attached hydrogens (tertiary/aromatic N) is 2. The van der Waals surface area contributed by atoms with Gasteiger partial charge in [0.25, 0.3) is 11.8 Å². The van der Waals surface area contributed by atoms with E-state index in [0.29, 0.717) is 21.5 Å². The maximum absolute atomic E-state index is 12.8. The molecule has 0 spiro atoms. The first-order valence-corrected chi connectivity index (χ1v) is 10.4. The van der Waals surface area contributed by atoms with Crippen LogP contribution in [0.15, 0.2) is 65.3 Å². The fourth-order valence-corrected chi connectivity index (χ4v) is 3.22. The molecule has 3 aromatic rings. The number of rotatable bonds is 5. The summed E-state index contributed by atoms with van der Waals surface area (Å²) in [5.41, 5.74) is 2.76. The summed E-state index contributed by atoms with van der Waals surface area (Å²) in [6.45, 7) is 5.47. The van der Waals surface area contributed by atoms with Crippen LogP contribution < -0.4 is 10.6 Å². The zero-order valence-electron chi connectivity index (χ0n) is 17.4. The maximum Gasteiger partial charge on any atom is 0.274 e. The second-order valence-electron chi connectivity index (χ2n) is 7.60. The van der Waals surface area contributed by atoms with Crippen LogP contribution in [0, 0.1) is 18.3 Å². The lowest BCUT2D eigenvalue weighted by atomic mass is 9.85. The third-order valence-electron chi connectivity index (χ3n) is 4.82. The number of carbonyl (C=O) groups excluding carboxylic acids is 2. The first kappa shape index (κ1) is 22.2. The van der Waals surface area contributed by atoms with E-state index in [9.17, 15) is 14.9 Å². The minimum atomic E-state index is -0.696. The predicted molar refractivity (Wildman–Crippen MR) is 124 cm³/mol. The Labute approximate surface area is 189 Å². The highest BCUT2D eigenvalue weighted by molar-refractivity contribution is 9.10. The Bertz CT molecular complexity index is 1200. The van der Waals surface area contributed by atoms with Gasteiger partial charge < -0.3 is 10.6 Å². The number of anilines is 2. The van der Waals surface area contributed by atoms with E-state index in [4.69, 9.17) is 0 Å². The molecule has 3 rings (SSSR count). The van der Waals surface area contributed by atoms with Gasteiger partial charge in [-0.3, -0.25) is 9.59 Å². The summed E-state index contributed by atoms with van der Waals surface area (Å²) >= 11 is 3.26. The minimum absolute atomic E-state index is 0.278. The van der Waals surface area contributed by atoms with E-state index in [1.165, 1.54) is 0 Å². The van der Waals surface area contributed by atoms with Gasteiger partial charge in [0.05, 0.1) is 11.5 Å². The molecule has 7 heteroatoms. The highest BCUT2D eigenvalue weighted by atomic mass is 79.9. The summed E-state index contributed by atoms with van der Waals surface area (Å²) in [7, 11) is 0. The molecule has 2 amide bonds. The number of aromatic nitrogens is 1. The van der Waals surface area contributed by atoms with Crippen LogP contribution >= 0.6 is 15.9 Å². The molecule has 0 saturated heterocycles. The number of hydrogen-bond acceptors (Lipinski definition) is 4. The summed E-state index contributed by atoms with van der Waals surface area (Å²) in [6.07, 6.45) is 0. The van der Waals surface area contributed by atoms with Crippen molar-refractivity contribution in [3.8, 4) is 6.07 Å². The lowest BCUT2D eigenvalue weighted by Gasteiger charge is -2.17. The van der Waals surface area contributed by atoms with E-state index in [1.54, 1.807) is 62.4 Å². The van der Waals surface area contributed by atoms with Gasteiger partial charge in [0.2, 0.25) is 0 Å². The first-order chi connectivity index (χ1) is 14.7. The zero-order valence-corrected chi connectivity index (χ0v) is 18.9. The second kappa shape index (κ2) is 9.11. The molecule has 0 aliphatic carbocycles. The molecule has 0 atom stereocenters. The van der Waals surface area contributed by atoms with Gasteiger partial charge in [0, 0.05) is 16.9 Å². The number of aryl methyl sites for hydroxylation is 1. The lowest BCUT2D eigenvalue weighted by molar-refractivity contribution is 0.101. The van der Waals surface area contributed by atoms with Gasteiger partial charge >= 0.3 is 0 Å². The van der Waals surface area contributed by atoms with Crippen LogP contribution in [-0.2, 0) is 5.41 Å². The summed E-state index contributed by atoms with van der Waals surface area (Å²) < 4.78 is 0.569. The molecule has 0 radical (unpaired) electrons. The summed E-state index contributed by atoms with van der Waals surface area (Å²) in [6, 6.07) is 19.6. The molecule has 2 aromatic carbocycles. The molecule has 156 valence electrons. The molecule has 1 aromatic heterocycles. The van der Waals surface area contributed by atoms with Crippen molar-refractivity contribution in [2.45, 2.75) is 26.2 Å². The molecule has 0 unspecified atom stereocenters. The molecule has 0 fully saturated rings. The quantitative estimate of drug-likeness (QED) is 0.478. The standard InChI is InChI=1S/C24H21BrN4O2/c1-15-10-11-18(13-20(15)29-23(31)19-8-5-9-21(25)28-19)27-22(30)16-6-4-7-17(12-16)24(2,3)14-26/h4-13H,1-3H3,(H,27,30)(H,29,31). The fourth-order valence-electron chi connectivity index (χ4n) is 2.87. The summed E-state index contributed by atoms with van der Waals surface area (Å²) in [4.78, 5) is 29.4. The van der Waals surface area contributed by atoms with Crippen molar-refractivity contribution in [1.29, 1.82) is 5.26 Å². The van der Waals surface area contributed by atoms with Crippen molar-refractivity contribution < 1.29 is 9.59 Å². The Morgan fingerprint density at radius 2 is 1.74 bits per heavy atom. The molecule has 6 nitrogen and oxygen atoms in total. The maximum atomic E-state index is 12.8. The predicted octanol–water partition coefficient (Wildman–Crippen LogP) is 5.46. The number of nitriles is 1. The van der Waals surface area contributed by atoms with Crippen molar-refractivity contribution in [3.63, 3.8) is 0 Å². The van der Waals surface area contributed by atoms with Crippen LogP contribution in [0.5, 0.6) is 0 Å². The SMILES string of the molecule is Cc1ccc(NC(=O)c2cccc(C(C)(C)C#N)c2)cc1NC(=O)c1cccc(Br)n1. The highest BCUT2D eigenvalue weighted by Gasteiger charge is 2.21. The van der Waals surface area contributed by atoms with Gasteiger partial charge in [0.1, 0.15) is 10.3 Å². The van der Waals surface area contributed by atoms with Gasteiger partial charge in [-0.05, 0) is 84.2 Å². The molecule has 0 aliphatic rings. The van der Waals surface area contributed by atoms with Crippen LogP contribution in [0.4, 0.5) is 11.4 Å². The number of amides is 2. The molecular weight excluding hydrogens is 456 g/mol. The molecule has 1 heterocycles. The smallest absolute Gasteiger partial charge is 0.274 e. The Morgan fingerprint density at radius 3 is 2.45 bits per heavy atom. The molecule has 31 heavy (non-hydrogen) atoms. The third kappa shape index (κ3) is 5.36. The Morgan fingerprint density at radius 1 is 1.00 bits per heavy atom.